The molecule has 6 nitrogen and oxygen atoms in total. The van der Waals surface area contributed by atoms with E-state index in [-0.39, 0.29) is 23.2 Å². The van der Waals surface area contributed by atoms with Crippen LogP contribution < -0.4 is 11.3 Å². The Morgan fingerprint density at radius 3 is 2.94 bits per heavy atom. The van der Waals surface area contributed by atoms with E-state index in [1.165, 1.54) is 0 Å². The third-order valence-electron chi connectivity index (χ3n) is 3.52. The molecule has 0 aromatic carbocycles. The molecule has 2 aromatic heterocycles. The fourth-order valence-corrected chi connectivity index (χ4v) is 2.76. The minimum atomic E-state index is -0.167. The summed E-state index contributed by atoms with van der Waals surface area (Å²) in [6.45, 7) is 0. The predicted molar refractivity (Wildman–Crippen MR) is 70.9 cm³/mol. The highest BCUT2D eigenvalue weighted by molar-refractivity contribution is 9.10. The van der Waals surface area contributed by atoms with E-state index in [0.29, 0.717) is 11.3 Å². The van der Waals surface area contributed by atoms with Gasteiger partial charge in [-0.1, -0.05) is 0 Å². The minimum absolute atomic E-state index is 0.0000576. The molecule has 0 unspecified atom stereocenters. The molecular weight excluding hydrogens is 298 g/mol. The fraction of sp³-hybridized carbons (Fsp3) is 0.364. The molecule has 1 aliphatic rings. The van der Waals surface area contributed by atoms with Crippen LogP contribution in [0.15, 0.2) is 21.5 Å². The van der Waals surface area contributed by atoms with Gasteiger partial charge in [-0.2, -0.15) is 5.10 Å². The van der Waals surface area contributed by atoms with Crippen molar-refractivity contribution in [3.8, 4) is 0 Å². The van der Waals surface area contributed by atoms with Gasteiger partial charge in [0.15, 0.2) is 0 Å². The van der Waals surface area contributed by atoms with Crippen molar-refractivity contribution in [1.29, 1.82) is 5.41 Å². The number of hydrogen-bond acceptors (Lipinski definition) is 3. The number of rotatable bonds is 2. The summed E-state index contributed by atoms with van der Waals surface area (Å²) >= 11 is 3.35. The second-order valence-electron chi connectivity index (χ2n) is 4.54. The second-order valence-corrected chi connectivity index (χ2v) is 5.35. The lowest BCUT2D eigenvalue weighted by atomic mass is 9.72. The number of aromatic nitrogens is 3. The van der Waals surface area contributed by atoms with Crippen molar-refractivity contribution in [2.24, 2.45) is 11.7 Å². The highest BCUT2D eigenvalue weighted by atomic mass is 79.9. The molecule has 0 radical (unpaired) electrons. The largest absolute Gasteiger partial charge is 0.387 e. The summed E-state index contributed by atoms with van der Waals surface area (Å²) in [5, 5.41) is 11.9. The van der Waals surface area contributed by atoms with Crippen LogP contribution >= 0.6 is 15.9 Å². The number of hydrogen-bond donors (Lipinski definition) is 3. The summed E-state index contributed by atoms with van der Waals surface area (Å²) in [4.78, 5) is 14.7. The third kappa shape index (κ3) is 1.58. The van der Waals surface area contributed by atoms with Crippen LogP contribution in [-0.2, 0) is 0 Å². The van der Waals surface area contributed by atoms with Gasteiger partial charge < -0.3 is 10.7 Å². The number of amidine groups is 1. The Balaban J connectivity index is 2.10. The first-order valence-electron chi connectivity index (χ1n) is 5.69. The van der Waals surface area contributed by atoms with E-state index >= 15 is 0 Å². The van der Waals surface area contributed by atoms with Crippen molar-refractivity contribution in [3.05, 3.63) is 32.9 Å². The molecule has 1 fully saturated rings. The normalized spacial score (nSPS) is 22.9. The van der Waals surface area contributed by atoms with Gasteiger partial charge in [0.05, 0.1) is 5.84 Å². The summed E-state index contributed by atoms with van der Waals surface area (Å²) in [7, 11) is 0. The SMILES string of the molecule is N=C(N)[C@@H]1CC[C@H]1c1nn2c(Br)ccc2c(=O)[nH]1. The number of aromatic amines is 1. The van der Waals surface area contributed by atoms with Gasteiger partial charge in [-0.25, -0.2) is 4.52 Å². The number of nitrogens with two attached hydrogens (primary N) is 1. The topological polar surface area (TPSA) is 100 Å². The first kappa shape index (κ1) is 11.5. The minimum Gasteiger partial charge on any atom is -0.387 e. The smallest absolute Gasteiger partial charge is 0.275 e. The Morgan fingerprint density at radius 2 is 2.33 bits per heavy atom. The molecule has 0 saturated heterocycles. The van der Waals surface area contributed by atoms with Crippen LogP contribution in [0, 0.1) is 11.3 Å². The van der Waals surface area contributed by atoms with Crippen molar-refractivity contribution in [2.45, 2.75) is 18.8 Å². The van der Waals surface area contributed by atoms with Crippen LogP contribution in [0.4, 0.5) is 0 Å². The van der Waals surface area contributed by atoms with Crippen LogP contribution in [0.25, 0.3) is 5.52 Å². The van der Waals surface area contributed by atoms with E-state index in [2.05, 4.69) is 26.0 Å². The Hall–Kier alpha value is -1.63. The maximum absolute atomic E-state index is 11.9. The first-order valence-corrected chi connectivity index (χ1v) is 6.48. The highest BCUT2D eigenvalue weighted by Crippen LogP contribution is 2.40. The number of halogens is 1. The lowest BCUT2D eigenvalue weighted by Crippen LogP contribution is -2.37. The molecular formula is C11H12BrN5O. The van der Waals surface area contributed by atoms with E-state index in [9.17, 15) is 4.79 Å². The molecule has 0 bridgehead atoms. The van der Waals surface area contributed by atoms with Crippen molar-refractivity contribution < 1.29 is 0 Å². The van der Waals surface area contributed by atoms with Crippen LogP contribution in [0.1, 0.15) is 24.6 Å². The molecule has 4 N–H and O–H groups in total. The number of nitrogens with one attached hydrogen (secondary N) is 2. The Morgan fingerprint density at radius 1 is 1.56 bits per heavy atom. The molecule has 7 heteroatoms. The molecule has 18 heavy (non-hydrogen) atoms. The number of H-pyrrole nitrogens is 1. The van der Waals surface area contributed by atoms with Crippen LogP contribution in [0.2, 0.25) is 0 Å². The standard InChI is InChI=1S/C11H12BrN5O/c12-8-4-3-7-11(18)15-10(16-17(7)8)6-2-1-5(6)9(13)14/h3-6H,1-2H2,(H3,13,14)(H,15,16,18)/t5-,6-/m1/s1. The maximum Gasteiger partial charge on any atom is 0.275 e. The second kappa shape index (κ2) is 3.94. The van der Waals surface area contributed by atoms with Gasteiger partial charge in [-0.3, -0.25) is 10.2 Å². The van der Waals surface area contributed by atoms with Crippen LogP contribution in [0.3, 0.4) is 0 Å². The average molecular weight is 310 g/mol. The van der Waals surface area contributed by atoms with Gasteiger partial charge in [0, 0.05) is 11.8 Å². The average Bonchev–Trinajstić information content (AvgIpc) is 2.58. The Bertz CT molecular complexity index is 688. The zero-order valence-corrected chi connectivity index (χ0v) is 11.1. The van der Waals surface area contributed by atoms with Gasteiger partial charge in [-0.05, 0) is 40.9 Å². The van der Waals surface area contributed by atoms with E-state index in [4.69, 9.17) is 11.1 Å². The monoisotopic (exact) mass is 309 g/mol. The summed E-state index contributed by atoms with van der Waals surface area (Å²) in [6, 6.07) is 3.49. The molecule has 0 aliphatic heterocycles. The molecule has 2 atom stereocenters. The molecule has 1 saturated carbocycles. The fourth-order valence-electron chi connectivity index (χ4n) is 2.36. The van der Waals surface area contributed by atoms with Gasteiger partial charge in [0.1, 0.15) is 15.9 Å². The molecule has 94 valence electrons. The van der Waals surface area contributed by atoms with Gasteiger partial charge in [0.25, 0.3) is 5.56 Å². The summed E-state index contributed by atoms with van der Waals surface area (Å²) in [5.74, 6) is 0.824. The third-order valence-corrected chi connectivity index (χ3v) is 4.12. The summed E-state index contributed by atoms with van der Waals surface area (Å²) in [5.41, 5.74) is 5.87. The Kier molecular flexibility index (Phi) is 2.51. The lowest BCUT2D eigenvalue weighted by Gasteiger charge is -2.34. The highest BCUT2D eigenvalue weighted by Gasteiger charge is 2.36. The lowest BCUT2D eigenvalue weighted by molar-refractivity contribution is 0.317. The quantitative estimate of drug-likeness (QED) is 0.574. The number of fused-ring (bicyclic) bond motifs is 1. The van der Waals surface area contributed by atoms with Gasteiger partial charge >= 0.3 is 0 Å². The summed E-state index contributed by atoms with van der Waals surface area (Å²) < 4.78 is 2.31. The predicted octanol–water partition coefficient (Wildman–Crippen LogP) is 1.21. The van der Waals surface area contributed by atoms with Crippen molar-refractivity contribution in [2.75, 3.05) is 0 Å². The zero-order valence-electron chi connectivity index (χ0n) is 9.48. The maximum atomic E-state index is 11.9. The van der Waals surface area contributed by atoms with E-state index < -0.39 is 0 Å². The number of nitrogens with zero attached hydrogens (tertiary/aromatic N) is 2. The molecule has 1 aliphatic carbocycles. The molecule has 2 heterocycles. The van der Waals surface area contributed by atoms with Crippen LogP contribution in [0.5, 0.6) is 0 Å². The molecule has 3 rings (SSSR count). The van der Waals surface area contributed by atoms with E-state index in [0.717, 1.165) is 17.4 Å². The first-order chi connectivity index (χ1) is 8.58. The van der Waals surface area contributed by atoms with Crippen molar-refractivity contribution in [3.63, 3.8) is 0 Å². The molecule has 0 spiro atoms. The van der Waals surface area contributed by atoms with E-state index in [1.54, 1.807) is 16.6 Å². The van der Waals surface area contributed by atoms with Crippen molar-refractivity contribution >= 4 is 27.3 Å². The zero-order chi connectivity index (χ0) is 12.9. The molecule has 0 amide bonds. The van der Waals surface area contributed by atoms with Gasteiger partial charge in [-0.15, -0.1) is 0 Å². The molecule has 2 aromatic rings. The van der Waals surface area contributed by atoms with E-state index in [1.807, 2.05) is 0 Å². The van der Waals surface area contributed by atoms with Crippen LogP contribution in [-0.4, -0.2) is 20.4 Å². The van der Waals surface area contributed by atoms with Gasteiger partial charge in [0.2, 0.25) is 0 Å². The van der Waals surface area contributed by atoms with Crippen molar-refractivity contribution in [1.82, 2.24) is 14.6 Å². The Labute approximate surface area is 111 Å². The summed E-state index contributed by atoms with van der Waals surface area (Å²) in [6.07, 6.45) is 1.78.